The first-order valence-corrected chi connectivity index (χ1v) is 8.56. The van der Waals surface area contributed by atoms with E-state index in [9.17, 15) is 25.3 Å². The van der Waals surface area contributed by atoms with Gasteiger partial charge in [0.15, 0.2) is 5.94 Å². The van der Waals surface area contributed by atoms with E-state index in [1.54, 1.807) is 0 Å². The summed E-state index contributed by atoms with van der Waals surface area (Å²) in [4.78, 5) is 0. The van der Waals surface area contributed by atoms with E-state index in [4.69, 9.17) is 18.8 Å². The second-order valence-corrected chi connectivity index (χ2v) is 7.20. The van der Waals surface area contributed by atoms with Crippen LogP contribution in [0.5, 0.6) is 0 Å². The zero-order valence-electron chi connectivity index (χ0n) is 8.29. The predicted molar refractivity (Wildman–Crippen MR) is 56.1 cm³/mol. The van der Waals surface area contributed by atoms with Gasteiger partial charge < -0.3 is 5.11 Å². The number of rotatable bonds is 5. The van der Waals surface area contributed by atoms with Gasteiger partial charge in [-0.3, -0.25) is 13.7 Å². The number of aliphatic hydroxyl groups excluding tert-OH is 1. The molecule has 0 rings (SSSR count). The molecule has 0 amide bonds. The lowest BCUT2D eigenvalue weighted by molar-refractivity contribution is 0.336. The number of hydrogen-bond acceptors (Lipinski definition) is 7. The second-order valence-electron chi connectivity index (χ2n) is 2.64. The molecule has 0 aliphatic rings. The van der Waals surface area contributed by atoms with Crippen molar-refractivity contribution in [2.45, 2.75) is 6.42 Å². The molecular weight excluding hydrogens is 304 g/mol. The van der Waals surface area contributed by atoms with Crippen molar-refractivity contribution in [2.24, 2.45) is 0 Å². The van der Waals surface area contributed by atoms with Crippen LogP contribution in [-0.2, 0) is 30.4 Å². The van der Waals surface area contributed by atoms with Gasteiger partial charge in [0.1, 0.15) is 0 Å². The molecule has 13 heteroatoms. The Kier molecular flexibility index (Phi) is 8.06. The van der Waals surface area contributed by atoms with Gasteiger partial charge in [-0.05, 0) is 6.42 Å². The van der Waals surface area contributed by atoms with E-state index in [0.717, 1.165) is 0 Å². The average molecular weight is 316 g/mol. The summed E-state index contributed by atoms with van der Waals surface area (Å²) in [7, 11) is -12.4. The minimum Gasteiger partial charge on any atom is -0.378 e. The SMILES string of the molecule is O=S(=O)(O)CCCS(=O)(=O)O.O=S(=O)(O)CO. The molecule has 0 saturated heterocycles. The lowest BCUT2D eigenvalue weighted by atomic mass is 10.6. The van der Waals surface area contributed by atoms with Gasteiger partial charge in [-0.15, -0.1) is 0 Å². The molecule has 4 N–H and O–H groups in total. The van der Waals surface area contributed by atoms with Crippen molar-refractivity contribution in [3.8, 4) is 0 Å². The van der Waals surface area contributed by atoms with Crippen molar-refractivity contribution in [1.29, 1.82) is 0 Å². The van der Waals surface area contributed by atoms with E-state index < -0.39 is 47.8 Å². The molecule has 0 fully saturated rings. The number of hydrogen-bond donors (Lipinski definition) is 4. The topological polar surface area (TPSA) is 183 Å². The van der Waals surface area contributed by atoms with Crippen molar-refractivity contribution in [3.05, 3.63) is 0 Å². The molecule has 0 aliphatic carbocycles. The van der Waals surface area contributed by atoms with Crippen LogP contribution in [0.3, 0.4) is 0 Å². The Balaban J connectivity index is 0. The summed E-state index contributed by atoms with van der Waals surface area (Å²) in [5, 5.41) is 7.56. The van der Waals surface area contributed by atoms with Crippen LogP contribution in [0.2, 0.25) is 0 Å². The fourth-order valence-electron chi connectivity index (χ4n) is 0.424. The normalized spacial score (nSPS) is 12.7. The van der Waals surface area contributed by atoms with E-state index in [-0.39, 0.29) is 6.42 Å². The first kappa shape index (κ1) is 19.0. The molecule has 0 unspecified atom stereocenters. The van der Waals surface area contributed by atoms with Crippen molar-refractivity contribution in [3.63, 3.8) is 0 Å². The van der Waals surface area contributed by atoms with Gasteiger partial charge in [-0.2, -0.15) is 25.3 Å². The van der Waals surface area contributed by atoms with Crippen molar-refractivity contribution < 1.29 is 44.0 Å². The molecule has 0 bridgehead atoms. The molecule has 0 radical (unpaired) electrons. The van der Waals surface area contributed by atoms with Crippen LogP contribution in [0.1, 0.15) is 6.42 Å². The maximum atomic E-state index is 10.00. The van der Waals surface area contributed by atoms with Crippen LogP contribution in [0, 0.1) is 0 Å². The summed E-state index contributed by atoms with van der Waals surface area (Å²) in [5.41, 5.74) is 0. The first-order valence-electron chi connectivity index (χ1n) is 3.73. The minimum atomic E-state index is -4.12. The van der Waals surface area contributed by atoms with Crippen molar-refractivity contribution in [1.82, 2.24) is 0 Å². The smallest absolute Gasteiger partial charge is 0.289 e. The van der Waals surface area contributed by atoms with Crippen LogP contribution >= 0.6 is 0 Å². The van der Waals surface area contributed by atoms with Gasteiger partial charge in [-0.25, -0.2) is 0 Å². The highest BCUT2D eigenvalue weighted by Crippen LogP contribution is 1.92. The van der Waals surface area contributed by atoms with E-state index in [1.165, 1.54) is 0 Å². The third-order valence-corrected chi connectivity index (χ3v) is 2.90. The summed E-state index contributed by atoms with van der Waals surface area (Å²) < 4.78 is 82.4. The lowest BCUT2D eigenvalue weighted by Gasteiger charge is -1.94. The Hall–Kier alpha value is -0.310. The van der Waals surface area contributed by atoms with Crippen LogP contribution in [-0.4, -0.2) is 61.5 Å². The third-order valence-electron chi connectivity index (χ3n) is 0.968. The summed E-state index contributed by atoms with van der Waals surface area (Å²) >= 11 is 0. The van der Waals surface area contributed by atoms with Gasteiger partial charge in [-0.1, -0.05) is 0 Å². The standard InChI is InChI=1S/C3H8O6S2.CH4O4S/c4-10(5,6)2-1-3-11(7,8)9;2-1-6(3,4)5/h1-3H2,(H,4,5,6)(H,7,8,9);2H,1H2,(H,3,4,5). The first-order chi connectivity index (χ1) is 7.27. The van der Waals surface area contributed by atoms with Crippen molar-refractivity contribution >= 4 is 30.4 Å². The maximum Gasteiger partial charge on any atom is 0.289 e. The Labute approximate surface area is 98.5 Å². The van der Waals surface area contributed by atoms with Crippen molar-refractivity contribution in [2.75, 3.05) is 17.4 Å². The quantitative estimate of drug-likeness (QED) is 0.412. The summed E-state index contributed by atoms with van der Waals surface area (Å²) in [5.74, 6) is -2.52. The minimum absolute atomic E-state index is 0.308. The van der Waals surface area contributed by atoms with Gasteiger partial charge in [0.05, 0.1) is 11.5 Å². The predicted octanol–water partition coefficient (Wildman–Crippen LogP) is -2.02. The highest BCUT2D eigenvalue weighted by molar-refractivity contribution is 7.86. The molecule has 0 atom stereocenters. The Morgan fingerprint density at radius 3 is 1.00 bits per heavy atom. The van der Waals surface area contributed by atoms with Crippen LogP contribution in [0.25, 0.3) is 0 Å². The van der Waals surface area contributed by atoms with Gasteiger partial charge in [0, 0.05) is 0 Å². The van der Waals surface area contributed by atoms with Crippen LogP contribution in [0.4, 0.5) is 0 Å². The molecule has 106 valence electrons. The van der Waals surface area contributed by atoms with E-state index >= 15 is 0 Å². The molecule has 0 aliphatic heterocycles. The van der Waals surface area contributed by atoms with E-state index in [2.05, 4.69) is 0 Å². The summed E-state index contributed by atoms with van der Waals surface area (Å²) in [6.45, 7) is 0. The second kappa shape index (κ2) is 7.20. The van der Waals surface area contributed by atoms with E-state index in [0.29, 0.717) is 0 Å². The molecule has 0 aromatic heterocycles. The van der Waals surface area contributed by atoms with Crippen LogP contribution < -0.4 is 0 Å². The van der Waals surface area contributed by atoms with Gasteiger partial charge in [0.25, 0.3) is 30.4 Å². The Morgan fingerprint density at radius 2 is 0.882 bits per heavy atom. The maximum absolute atomic E-state index is 10.00. The Bertz CT molecular complexity index is 464. The molecule has 0 aromatic rings. The van der Waals surface area contributed by atoms with E-state index in [1.807, 2.05) is 0 Å². The molecule has 0 heterocycles. The molecule has 17 heavy (non-hydrogen) atoms. The monoisotopic (exact) mass is 316 g/mol. The molecule has 10 nitrogen and oxygen atoms in total. The fourth-order valence-corrected chi connectivity index (χ4v) is 1.62. The zero-order valence-corrected chi connectivity index (χ0v) is 10.7. The van der Waals surface area contributed by atoms with Crippen LogP contribution in [0.15, 0.2) is 0 Å². The Morgan fingerprint density at radius 1 is 0.647 bits per heavy atom. The molecular formula is C4H12O10S3. The van der Waals surface area contributed by atoms with Gasteiger partial charge in [0.2, 0.25) is 0 Å². The highest BCUT2D eigenvalue weighted by Gasteiger charge is 2.08. The number of aliphatic hydroxyl groups is 1. The third kappa shape index (κ3) is 25.7. The molecule has 0 spiro atoms. The zero-order chi connectivity index (χ0) is 14.3. The molecule has 0 saturated carbocycles. The highest BCUT2D eigenvalue weighted by atomic mass is 32.2. The lowest BCUT2D eigenvalue weighted by Crippen LogP contribution is -2.10. The average Bonchev–Trinajstić information content (AvgIpc) is 1.98. The van der Waals surface area contributed by atoms with Gasteiger partial charge >= 0.3 is 0 Å². The fraction of sp³-hybridized carbons (Fsp3) is 1.00. The largest absolute Gasteiger partial charge is 0.378 e. The summed E-state index contributed by atoms with van der Waals surface area (Å²) in [6, 6.07) is 0. The molecule has 0 aromatic carbocycles. The summed E-state index contributed by atoms with van der Waals surface area (Å²) in [6.07, 6.45) is -0.308.